The molecule has 1 aromatic rings. The molecule has 1 aromatic heterocycles. The molecule has 1 heteroatoms. The van der Waals surface area contributed by atoms with Crippen molar-refractivity contribution in [1.29, 1.82) is 0 Å². The minimum Gasteiger partial charge on any atom is -0.148 e. The highest BCUT2D eigenvalue weighted by atomic mass is 32.1. The molecule has 0 bridgehead atoms. The van der Waals surface area contributed by atoms with Crippen molar-refractivity contribution in [2.45, 2.75) is 18.3 Å². The Morgan fingerprint density at radius 3 is 2.78 bits per heavy atom. The molecule has 0 saturated heterocycles. The Kier molecular flexibility index (Phi) is 0.974. The van der Waals surface area contributed by atoms with Crippen molar-refractivity contribution in [1.82, 2.24) is 0 Å². The topological polar surface area (TPSA) is 0 Å². The van der Waals surface area contributed by atoms with Gasteiger partial charge in [-0.3, -0.25) is 0 Å². The van der Waals surface area contributed by atoms with Gasteiger partial charge in [0.15, 0.2) is 0 Å². The minimum absolute atomic E-state index is 0.341. The molecule has 1 fully saturated rings. The van der Waals surface area contributed by atoms with E-state index in [1.54, 1.807) is 0 Å². The van der Waals surface area contributed by atoms with Crippen molar-refractivity contribution in [3.8, 4) is 0 Å². The first kappa shape index (κ1) is 5.48. The van der Waals surface area contributed by atoms with Gasteiger partial charge in [-0.25, -0.2) is 0 Å². The summed E-state index contributed by atoms with van der Waals surface area (Å²) in [6.07, 6.45) is 2.57. The summed E-state index contributed by atoms with van der Waals surface area (Å²) in [7, 11) is 0. The van der Waals surface area contributed by atoms with Gasteiger partial charge >= 0.3 is 0 Å². The average Bonchev–Trinajstić information content (AvgIpc) is 2.46. The maximum Gasteiger partial charge on any atom is 0.0107 e. The maximum atomic E-state index is 4.13. The van der Waals surface area contributed by atoms with E-state index in [9.17, 15) is 0 Å². The number of rotatable bonds is 1. The van der Waals surface area contributed by atoms with E-state index < -0.39 is 0 Å². The maximum absolute atomic E-state index is 4.13. The van der Waals surface area contributed by atoms with Gasteiger partial charge in [0, 0.05) is 10.3 Å². The van der Waals surface area contributed by atoms with E-state index >= 15 is 0 Å². The molecule has 1 radical (unpaired) electrons. The highest BCUT2D eigenvalue weighted by Gasteiger charge is 2.39. The van der Waals surface area contributed by atoms with Crippen LogP contribution < -0.4 is 0 Å². The van der Waals surface area contributed by atoms with Crippen LogP contribution >= 0.6 is 11.3 Å². The van der Waals surface area contributed by atoms with Crippen molar-refractivity contribution >= 4 is 11.3 Å². The molecule has 0 aliphatic heterocycles. The van der Waals surface area contributed by atoms with Crippen molar-refractivity contribution in [2.75, 3.05) is 0 Å². The largest absolute Gasteiger partial charge is 0.148 e. The molecular weight excluding hydrogens is 128 g/mol. The summed E-state index contributed by atoms with van der Waals surface area (Å²) in [6, 6.07) is 4.29. The van der Waals surface area contributed by atoms with Crippen LogP contribution in [0.25, 0.3) is 0 Å². The summed E-state index contributed by atoms with van der Waals surface area (Å²) in [4.78, 5) is 1.46. The van der Waals surface area contributed by atoms with Crippen molar-refractivity contribution in [3.05, 3.63) is 29.3 Å². The third-order valence-corrected chi connectivity index (χ3v) is 3.01. The van der Waals surface area contributed by atoms with E-state index in [0.29, 0.717) is 5.41 Å². The molecule has 1 aliphatic rings. The minimum atomic E-state index is 0.341. The van der Waals surface area contributed by atoms with Crippen LogP contribution in [0.2, 0.25) is 0 Å². The van der Waals surface area contributed by atoms with Gasteiger partial charge in [0.2, 0.25) is 0 Å². The fourth-order valence-electron chi connectivity index (χ4n) is 0.978. The summed E-state index contributed by atoms with van der Waals surface area (Å²) in [5, 5.41) is 2.13. The van der Waals surface area contributed by atoms with Crippen LogP contribution in [0.3, 0.4) is 0 Å². The summed E-state index contributed by atoms with van der Waals surface area (Å²) < 4.78 is 0. The van der Waals surface area contributed by atoms with Gasteiger partial charge in [0.05, 0.1) is 0 Å². The molecule has 0 unspecified atom stereocenters. The molecule has 9 heavy (non-hydrogen) atoms. The molecule has 1 saturated carbocycles. The highest BCUT2D eigenvalue weighted by molar-refractivity contribution is 7.10. The van der Waals surface area contributed by atoms with E-state index in [1.807, 2.05) is 11.3 Å². The Labute approximate surface area is 59.5 Å². The quantitative estimate of drug-likeness (QED) is 0.558. The molecular formula is C8H9S. The molecule has 47 valence electrons. The van der Waals surface area contributed by atoms with Gasteiger partial charge < -0.3 is 0 Å². The molecule has 1 heterocycles. The van der Waals surface area contributed by atoms with E-state index in [0.717, 1.165) is 0 Å². The monoisotopic (exact) mass is 137 g/mol. The number of hydrogen-bond acceptors (Lipinski definition) is 1. The second-order valence-corrected chi connectivity index (χ2v) is 3.71. The molecule has 2 rings (SSSR count). The van der Waals surface area contributed by atoms with Crippen LogP contribution in [0.4, 0.5) is 0 Å². The van der Waals surface area contributed by atoms with Crippen LogP contribution in [0.15, 0.2) is 17.5 Å². The second kappa shape index (κ2) is 1.60. The Balaban J connectivity index is 2.34. The van der Waals surface area contributed by atoms with Gasteiger partial charge in [-0.1, -0.05) is 6.07 Å². The Morgan fingerprint density at radius 1 is 1.56 bits per heavy atom. The van der Waals surface area contributed by atoms with Gasteiger partial charge in [0.1, 0.15) is 0 Å². The fraction of sp³-hybridized carbons (Fsp3) is 0.375. The third kappa shape index (κ3) is 0.799. The van der Waals surface area contributed by atoms with Crippen LogP contribution in [-0.2, 0) is 5.41 Å². The molecule has 0 spiro atoms. The van der Waals surface area contributed by atoms with E-state index in [-0.39, 0.29) is 0 Å². The number of thiophene rings is 1. The zero-order valence-electron chi connectivity index (χ0n) is 5.26. The lowest BCUT2D eigenvalue weighted by Gasteiger charge is -2.00. The molecule has 1 aliphatic carbocycles. The second-order valence-electron chi connectivity index (χ2n) is 2.76. The van der Waals surface area contributed by atoms with E-state index in [2.05, 4.69) is 24.4 Å². The summed E-state index contributed by atoms with van der Waals surface area (Å²) in [5.41, 5.74) is 0.341. The standard InChI is InChI=1S/C8H9S/c1-8(4-5-8)7-3-2-6-9-7/h2-3,6H,1,4-5H2. The lowest BCUT2D eigenvalue weighted by Crippen LogP contribution is -1.94. The van der Waals surface area contributed by atoms with Gasteiger partial charge in [0.25, 0.3) is 0 Å². The van der Waals surface area contributed by atoms with Crippen molar-refractivity contribution < 1.29 is 0 Å². The van der Waals surface area contributed by atoms with Crippen LogP contribution in [0.5, 0.6) is 0 Å². The SMILES string of the molecule is [CH2]C1(c2cccs2)CC1. The van der Waals surface area contributed by atoms with Crippen molar-refractivity contribution in [2.24, 2.45) is 0 Å². The van der Waals surface area contributed by atoms with Crippen LogP contribution in [0.1, 0.15) is 17.7 Å². The van der Waals surface area contributed by atoms with E-state index in [4.69, 9.17) is 0 Å². The van der Waals surface area contributed by atoms with E-state index in [1.165, 1.54) is 17.7 Å². The zero-order chi connectivity index (χ0) is 6.32. The summed E-state index contributed by atoms with van der Waals surface area (Å²) in [5.74, 6) is 0. The molecule has 0 amide bonds. The fourth-order valence-corrected chi connectivity index (χ4v) is 1.89. The zero-order valence-corrected chi connectivity index (χ0v) is 6.08. The predicted octanol–water partition coefficient (Wildman–Crippen LogP) is 2.61. The molecule has 0 nitrogen and oxygen atoms in total. The lowest BCUT2D eigenvalue weighted by atomic mass is 10.1. The third-order valence-electron chi connectivity index (χ3n) is 1.90. The first-order valence-electron chi connectivity index (χ1n) is 3.21. The van der Waals surface area contributed by atoms with Gasteiger partial charge in [-0.05, 0) is 31.2 Å². The molecule has 0 aromatic carbocycles. The molecule has 0 atom stereocenters. The smallest absolute Gasteiger partial charge is 0.0107 e. The normalized spacial score (nSPS) is 21.9. The predicted molar refractivity (Wildman–Crippen MR) is 40.6 cm³/mol. The van der Waals surface area contributed by atoms with Crippen molar-refractivity contribution in [3.63, 3.8) is 0 Å². The van der Waals surface area contributed by atoms with Gasteiger partial charge in [-0.15, -0.1) is 11.3 Å². The Bertz CT molecular complexity index is 194. The molecule has 0 N–H and O–H groups in total. The summed E-state index contributed by atoms with van der Waals surface area (Å²) >= 11 is 1.83. The van der Waals surface area contributed by atoms with Crippen LogP contribution in [-0.4, -0.2) is 0 Å². The summed E-state index contributed by atoms with van der Waals surface area (Å²) in [6.45, 7) is 4.13. The van der Waals surface area contributed by atoms with Gasteiger partial charge in [-0.2, -0.15) is 0 Å². The first-order valence-corrected chi connectivity index (χ1v) is 4.09. The lowest BCUT2D eigenvalue weighted by molar-refractivity contribution is 0.915. The highest BCUT2D eigenvalue weighted by Crippen LogP contribution is 2.48. The number of hydrogen-bond donors (Lipinski definition) is 0. The Hall–Kier alpha value is -0.300. The Morgan fingerprint density at radius 2 is 2.33 bits per heavy atom. The van der Waals surface area contributed by atoms with Crippen LogP contribution in [0, 0.1) is 6.92 Å². The first-order chi connectivity index (χ1) is 4.31. The average molecular weight is 137 g/mol.